The Bertz CT molecular complexity index is 1560. The number of nitro groups is 1. The smallest absolute Gasteiger partial charge is 0.417 e. The Hall–Kier alpha value is -2.53. The van der Waals surface area contributed by atoms with E-state index in [-0.39, 0.29) is 46.2 Å². The minimum absolute atomic E-state index is 0.0110. The number of hydrogen-bond acceptors (Lipinski definition) is 9. The topological polar surface area (TPSA) is 128 Å². The fourth-order valence-electron chi connectivity index (χ4n) is 6.40. The molecule has 0 spiro atoms. The molecule has 2 aromatic rings. The number of rotatable bonds is 6. The van der Waals surface area contributed by atoms with Crippen molar-refractivity contribution in [2.45, 2.75) is 90.1 Å². The summed E-state index contributed by atoms with van der Waals surface area (Å²) in [5.41, 5.74) is -4.28. The number of nitrogens with zero attached hydrogens (tertiary/aromatic N) is 5. The molecule has 1 aliphatic carbocycles. The Morgan fingerprint density at radius 1 is 1.22 bits per heavy atom. The summed E-state index contributed by atoms with van der Waals surface area (Å²) in [5.74, 6) is -1.16. The van der Waals surface area contributed by atoms with E-state index in [1.165, 1.54) is 11.0 Å². The number of ether oxygens (including phenoxy) is 3. The molecule has 1 saturated carbocycles. The average molecular weight is 806 g/mol. The fraction of sp³-hybridized carbons (Fsp3) is 0.633. The van der Waals surface area contributed by atoms with Crippen LogP contribution in [-0.2, 0) is 9.47 Å². The van der Waals surface area contributed by atoms with Gasteiger partial charge in [-0.25, -0.2) is 23.9 Å². The summed E-state index contributed by atoms with van der Waals surface area (Å²) < 4.78 is 34.1. The van der Waals surface area contributed by atoms with Crippen LogP contribution < -0.4 is 9.64 Å². The average Bonchev–Trinajstić information content (AvgIpc) is 3.57. The number of anilines is 1. The van der Waals surface area contributed by atoms with Crippen LogP contribution in [0.4, 0.5) is 25.4 Å². The molecule has 0 radical (unpaired) electrons. The summed E-state index contributed by atoms with van der Waals surface area (Å²) >= 11 is 5.18. The largest absolute Gasteiger partial charge is 0.471 e. The Morgan fingerprint density at radius 2 is 1.87 bits per heavy atom. The van der Waals surface area contributed by atoms with Gasteiger partial charge in [0.1, 0.15) is 34.7 Å². The van der Waals surface area contributed by atoms with Gasteiger partial charge in [0.25, 0.3) is 5.88 Å². The van der Waals surface area contributed by atoms with Gasteiger partial charge in [0.2, 0.25) is 0 Å². The minimum atomic E-state index is -1.37. The maximum atomic E-state index is 16.0. The first-order valence-electron chi connectivity index (χ1n) is 14.9. The van der Waals surface area contributed by atoms with Gasteiger partial charge >= 0.3 is 17.9 Å². The number of benzene rings is 1. The lowest BCUT2D eigenvalue weighted by Crippen LogP contribution is -2.64. The van der Waals surface area contributed by atoms with E-state index in [9.17, 15) is 19.7 Å². The third kappa shape index (κ3) is 6.40. The highest BCUT2D eigenvalue weighted by atomic mass is 127. The van der Waals surface area contributed by atoms with E-state index >= 15 is 4.39 Å². The molecule has 2 bridgehead atoms. The second-order valence-corrected chi connectivity index (χ2v) is 16.0. The number of hydrogen-bond donors (Lipinski definition) is 0. The Balaban J connectivity index is 1.78. The number of halogens is 3. The molecule has 4 heterocycles. The van der Waals surface area contributed by atoms with E-state index in [2.05, 4.69) is 25.8 Å². The third-order valence-corrected chi connectivity index (χ3v) is 10.7. The summed E-state index contributed by atoms with van der Waals surface area (Å²) in [4.78, 5) is 49.3. The van der Waals surface area contributed by atoms with Crippen LogP contribution in [0.25, 0.3) is 10.9 Å². The molecule has 246 valence electrons. The molecule has 3 saturated heterocycles. The molecule has 0 N–H and O–H groups in total. The van der Waals surface area contributed by atoms with Crippen molar-refractivity contribution >= 4 is 73.0 Å². The summed E-state index contributed by atoms with van der Waals surface area (Å²) in [7, 11) is 1.94. The first-order chi connectivity index (χ1) is 20.8. The molecule has 6 rings (SSSR count). The normalized spacial score (nSPS) is 23.2. The van der Waals surface area contributed by atoms with E-state index in [1.54, 1.807) is 41.5 Å². The number of fused-ring (bicyclic) bond motifs is 2. The van der Waals surface area contributed by atoms with E-state index < -0.39 is 51.4 Å². The van der Waals surface area contributed by atoms with E-state index in [0.29, 0.717) is 16.4 Å². The van der Waals surface area contributed by atoms with Crippen LogP contribution in [0, 0.1) is 25.4 Å². The third-order valence-electron chi connectivity index (χ3n) is 8.30. The first kappa shape index (κ1) is 33.8. The van der Waals surface area contributed by atoms with Crippen molar-refractivity contribution < 1.29 is 33.1 Å². The minimum Gasteiger partial charge on any atom is -0.471 e. The van der Waals surface area contributed by atoms with Gasteiger partial charge in [0, 0.05) is 21.5 Å². The lowest BCUT2D eigenvalue weighted by Gasteiger charge is -2.49. The number of pyridine rings is 1. The highest BCUT2D eigenvalue weighted by Crippen LogP contribution is 2.57. The highest BCUT2D eigenvalue weighted by molar-refractivity contribution is 14.1. The molecule has 4 aliphatic rings. The molecular weight excluding hydrogens is 768 g/mol. The molecule has 45 heavy (non-hydrogen) atoms. The highest BCUT2D eigenvalue weighted by Gasteiger charge is 2.65. The van der Waals surface area contributed by atoms with Crippen molar-refractivity contribution in [2.24, 2.45) is 5.92 Å². The van der Waals surface area contributed by atoms with Crippen LogP contribution in [0.1, 0.15) is 67.2 Å². The summed E-state index contributed by atoms with van der Waals surface area (Å²) in [6.45, 7) is 11.4. The molecule has 0 unspecified atom stereocenters. The van der Waals surface area contributed by atoms with Crippen LogP contribution in [0.2, 0.25) is 0 Å². The maximum Gasteiger partial charge on any atom is 0.417 e. The van der Waals surface area contributed by atoms with Crippen molar-refractivity contribution in [1.82, 2.24) is 14.8 Å². The number of carbonyl (C=O) groups excluding carboxylic acids is 2. The molecule has 15 heteroatoms. The second-order valence-electron chi connectivity index (χ2n) is 14.0. The van der Waals surface area contributed by atoms with Gasteiger partial charge in [-0.2, -0.15) is 0 Å². The number of amides is 2. The van der Waals surface area contributed by atoms with Gasteiger partial charge in [-0.15, -0.1) is 0 Å². The van der Waals surface area contributed by atoms with Crippen molar-refractivity contribution in [3.63, 3.8) is 0 Å². The van der Waals surface area contributed by atoms with Crippen molar-refractivity contribution in [2.75, 3.05) is 31.6 Å². The zero-order chi connectivity index (χ0) is 33.2. The standard InChI is InChI=1S/C30H38BrFIN5O7/c1-28(2,3)44-26(39)36-14-16-12-30(36,13-16)37(27(40)45-29(4,5)6)23-18-11-19(33)20(31)21(32)22(18)34-25(24(23)38(41)42)43-15-17-9-8-10-35(17)7/h11,16-17H,8-10,12-15H2,1-7H3/t16?,17-,30?/m0/s1. The Kier molecular flexibility index (Phi) is 8.96. The van der Waals surface area contributed by atoms with E-state index in [4.69, 9.17) is 14.2 Å². The van der Waals surface area contributed by atoms with Crippen LogP contribution in [0.15, 0.2) is 10.5 Å². The van der Waals surface area contributed by atoms with Crippen LogP contribution in [-0.4, -0.2) is 81.5 Å². The molecule has 4 fully saturated rings. The fourth-order valence-corrected chi connectivity index (χ4v) is 7.25. The van der Waals surface area contributed by atoms with Crippen LogP contribution in [0.5, 0.6) is 5.88 Å². The predicted octanol–water partition coefficient (Wildman–Crippen LogP) is 7.22. The molecule has 1 atom stereocenters. The van der Waals surface area contributed by atoms with Gasteiger partial charge in [0.05, 0.1) is 9.40 Å². The number of aromatic nitrogens is 1. The zero-order valence-electron chi connectivity index (χ0n) is 26.4. The number of carbonyl (C=O) groups is 2. The van der Waals surface area contributed by atoms with Gasteiger partial charge in [0.15, 0.2) is 5.82 Å². The predicted molar refractivity (Wildman–Crippen MR) is 177 cm³/mol. The number of likely N-dealkylation sites (tertiary alicyclic amines) is 1. The van der Waals surface area contributed by atoms with E-state index in [1.807, 2.05) is 29.6 Å². The van der Waals surface area contributed by atoms with Gasteiger partial charge in [-0.1, -0.05) is 0 Å². The van der Waals surface area contributed by atoms with Gasteiger partial charge in [-0.05, 0) is 131 Å². The monoisotopic (exact) mass is 805 g/mol. The van der Waals surface area contributed by atoms with Crippen LogP contribution in [0.3, 0.4) is 0 Å². The van der Waals surface area contributed by atoms with Crippen molar-refractivity contribution in [1.29, 1.82) is 0 Å². The summed E-state index contributed by atoms with van der Waals surface area (Å²) in [5, 5.41) is 13.0. The van der Waals surface area contributed by atoms with Crippen molar-refractivity contribution in [3.8, 4) is 5.88 Å². The van der Waals surface area contributed by atoms with E-state index in [0.717, 1.165) is 24.3 Å². The van der Waals surface area contributed by atoms with Gasteiger partial charge < -0.3 is 19.1 Å². The molecule has 2 amide bonds. The number of likely N-dealkylation sites (N-methyl/N-ethyl adjacent to an activating group) is 1. The first-order valence-corrected chi connectivity index (χ1v) is 16.7. The molecule has 1 aromatic heterocycles. The lowest BCUT2D eigenvalue weighted by molar-refractivity contribution is -0.385. The zero-order valence-corrected chi connectivity index (χ0v) is 30.2. The molecule has 1 aromatic carbocycles. The molecular formula is C30H38BrFIN5O7. The van der Waals surface area contributed by atoms with Gasteiger partial charge in [-0.3, -0.25) is 15.0 Å². The molecule has 3 aliphatic heterocycles. The quantitative estimate of drug-likeness (QED) is 0.129. The second kappa shape index (κ2) is 11.9. The summed E-state index contributed by atoms with van der Waals surface area (Å²) in [6, 6.07) is 1.51. The maximum absolute atomic E-state index is 16.0. The Morgan fingerprint density at radius 3 is 2.42 bits per heavy atom. The SMILES string of the molecule is CN1CCC[C@H]1COc1nc2c(F)c(Br)c(I)cc2c(N(C(=O)OC(C)(C)C)C23CC(CN2C(=O)OC(C)(C)C)C3)c1[N+](=O)[O-]. The Labute approximate surface area is 283 Å². The van der Waals surface area contributed by atoms with Crippen molar-refractivity contribution in [3.05, 3.63) is 30.0 Å². The van der Waals surface area contributed by atoms with Crippen LogP contribution >= 0.6 is 38.5 Å². The molecule has 12 nitrogen and oxygen atoms in total. The lowest BCUT2D eigenvalue weighted by atomic mass is 9.78. The summed E-state index contributed by atoms with van der Waals surface area (Å²) in [6.07, 6.45) is 0.826.